The molecule has 0 fully saturated rings. The number of benzene rings is 1. The number of rotatable bonds is 4. The van der Waals surface area contributed by atoms with E-state index in [1.807, 2.05) is 0 Å². The Morgan fingerprint density at radius 3 is 2.58 bits per heavy atom. The van der Waals surface area contributed by atoms with Crippen LogP contribution in [0.25, 0.3) is 0 Å². The molecule has 0 bridgehead atoms. The number of pyridine rings is 1. The SMILES string of the molecule is CS(=O)(=O)c1cccc(Oc2ccc(C=O)cn2)c1. The topological polar surface area (TPSA) is 73.3 Å². The van der Waals surface area contributed by atoms with Crippen molar-refractivity contribution < 1.29 is 17.9 Å². The fourth-order valence-corrected chi connectivity index (χ4v) is 2.07. The Hall–Kier alpha value is -2.21. The van der Waals surface area contributed by atoms with E-state index in [9.17, 15) is 13.2 Å². The summed E-state index contributed by atoms with van der Waals surface area (Å²) in [5.41, 5.74) is 0.442. The molecule has 2 aromatic rings. The van der Waals surface area contributed by atoms with Gasteiger partial charge < -0.3 is 4.74 Å². The first kappa shape index (κ1) is 13.2. The van der Waals surface area contributed by atoms with Gasteiger partial charge in [0.05, 0.1) is 4.90 Å². The first-order chi connectivity index (χ1) is 8.99. The molecule has 1 aromatic heterocycles. The Kier molecular flexibility index (Phi) is 3.62. The lowest BCUT2D eigenvalue weighted by Crippen LogP contribution is -1.97. The third kappa shape index (κ3) is 3.38. The first-order valence-corrected chi connectivity index (χ1v) is 7.27. The van der Waals surface area contributed by atoms with Gasteiger partial charge in [0.25, 0.3) is 0 Å². The highest BCUT2D eigenvalue weighted by atomic mass is 32.2. The minimum atomic E-state index is -3.28. The second-order valence-electron chi connectivity index (χ2n) is 3.90. The zero-order valence-electron chi connectivity index (χ0n) is 10.1. The van der Waals surface area contributed by atoms with Crippen LogP contribution in [-0.4, -0.2) is 25.9 Å². The van der Waals surface area contributed by atoms with Crippen LogP contribution in [-0.2, 0) is 9.84 Å². The van der Waals surface area contributed by atoms with Crippen LogP contribution in [0.4, 0.5) is 0 Å². The van der Waals surface area contributed by atoms with E-state index in [1.54, 1.807) is 18.2 Å². The van der Waals surface area contributed by atoms with Gasteiger partial charge in [-0.05, 0) is 24.3 Å². The molecule has 0 N–H and O–H groups in total. The Balaban J connectivity index is 2.25. The van der Waals surface area contributed by atoms with Crippen LogP contribution in [0.1, 0.15) is 10.4 Å². The zero-order chi connectivity index (χ0) is 13.9. The van der Waals surface area contributed by atoms with E-state index in [4.69, 9.17) is 4.74 Å². The van der Waals surface area contributed by atoms with Crippen LogP contribution < -0.4 is 4.74 Å². The Morgan fingerprint density at radius 2 is 2.00 bits per heavy atom. The number of carbonyl (C=O) groups excluding carboxylic acids is 1. The van der Waals surface area contributed by atoms with Crippen molar-refractivity contribution >= 4 is 16.1 Å². The maximum Gasteiger partial charge on any atom is 0.219 e. The van der Waals surface area contributed by atoms with Crippen molar-refractivity contribution in [2.45, 2.75) is 4.90 Å². The normalized spacial score (nSPS) is 11.0. The largest absolute Gasteiger partial charge is 0.439 e. The molecule has 5 nitrogen and oxygen atoms in total. The fraction of sp³-hybridized carbons (Fsp3) is 0.0769. The van der Waals surface area contributed by atoms with Gasteiger partial charge in [-0.25, -0.2) is 13.4 Å². The molecule has 0 radical (unpaired) electrons. The predicted molar refractivity (Wildman–Crippen MR) is 69.3 cm³/mol. The van der Waals surface area contributed by atoms with Crippen molar-refractivity contribution in [1.29, 1.82) is 0 Å². The molecule has 0 aliphatic rings. The number of aldehydes is 1. The summed E-state index contributed by atoms with van der Waals surface area (Å²) < 4.78 is 28.2. The Morgan fingerprint density at radius 1 is 1.21 bits per heavy atom. The number of hydrogen-bond donors (Lipinski definition) is 0. The van der Waals surface area contributed by atoms with Crippen molar-refractivity contribution in [3.8, 4) is 11.6 Å². The summed E-state index contributed by atoms with van der Waals surface area (Å²) in [6.07, 6.45) is 3.19. The molecule has 0 atom stereocenters. The molecule has 98 valence electrons. The number of sulfone groups is 1. The molecule has 0 amide bonds. The van der Waals surface area contributed by atoms with Crippen LogP contribution in [0, 0.1) is 0 Å². The average molecular weight is 277 g/mol. The molecular weight excluding hydrogens is 266 g/mol. The highest BCUT2D eigenvalue weighted by molar-refractivity contribution is 7.90. The summed E-state index contributed by atoms with van der Waals surface area (Å²) in [4.78, 5) is 14.6. The van der Waals surface area contributed by atoms with E-state index in [2.05, 4.69) is 4.98 Å². The Labute approximate surface area is 110 Å². The molecular formula is C13H11NO4S. The van der Waals surface area contributed by atoms with Gasteiger partial charge in [-0.3, -0.25) is 4.79 Å². The molecule has 1 aromatic carbocycles. The van der Waals surface area contributed by atoms with Crippen LogP contribution in [0.5, 0.6) is 11.6 Å². The van der Waals surface area contributed by atoms with Gasteiger partial charge in [0.15, 0.2) is 16.1 Å². The Bertz CT molecular complexity index is 693. The highest BCUT2D eigenvalue weighted by Gasteiger charge is 2.08. The van der Waals surface area contributed by atoms with Crippen molar-refractivity contribution in [3.63, 3.8) is 0 Å². The number of nitrogens with zero attached hydrogens (tertiary/aromatic N) is 1. The molecule has 0 saturated carbocycles. The third-order valence-electron chi connectivity index (χ3n) is 2.35. The lowest BCUT2D eigenvalue weighted by atomic mass is 10.3. The molecule has 19 heavy (non-hydrogen) atoms. The van der Waals surface area contributed by atoms with Crippen molar-refractivity contribution in [2.24, 2.45) is 0 Å². The first-order valence-electron chi connectivity index (χ1n) is 5.38. The second-order valence-corrected chi connectivity index (χ2v) is 5.91. The molecule has 1 heterocycles. The maximum atomic E-state index is 11.4. The minimum absolute atomic E-state index is 0.175. The molecule has 0 aliphatic carbocycles. The zero-order valence-corrected chi connectivity index (χ0v) is 10.9. The number of hydrogen-bond acceptors (Lipinski definition) is 5. The van der Waals surface area contributed by atoms with E-state index in [0.717, 1.165) is 6.26 Å². The van der Waals surface area contributed by atoms with E-state index in [0.29, 0.717) is 17.6 Å². The summed E-state index contributed by atoms with van der Waals surface area (Å²) in [7, 11) is -3.28. The predicted octanol–water partition coefficient (Wildman–Crippen LogP) is 2.09. The summed E-state index contributed by atoms with van der Waals surface area (Å²) in [5, 5.41) is 0. The minimum Gasteiger partial charge on any atom is -0.439 e. The highest BCUT2D eigenvalue weighted by Crippen LogP contribution is 2.22. The molecule has 2 rings (SSSR count). The second kappa shape index (κ2) is 5.19. The smallest absolute Gasteiger partial charge is 0.219 e. The van der Waals surface area contributed by atoms with Crippen LogP contribution in [0.15, 0.2) is 47.5 Å². The van der Waals surface area contributed by atoms with Crippen LogP contribution >= 0.6 is 0 Å². The van der Waals surface area contributed by atoms with Gasteiger partial charge in [-0.1, -0.05) is 6.07 Å². The number of carbonyl (C=O) groups is 1. The monoisotopic (exact) mass is 277 g/mol. The van der Waals surface area contributed by atoms with E-state index >= 15 is 0 Å². The fourth-order valence-electron chi connectivity index (χ4n) is 1.41. The van der Waals surface area contributed by atoms with Crippen molar-refractivity contribution in [3.05, 3.63) is 48.2 Å². The molecule has 0 aliphatic heterocycles. The maximum absolute atomic E-state index is 11.4. The third-order valence-corrected chi connectivity index (χ3v) is 3.46. The van der Waals surface area contributed by atoms with E-state index in [-0.39, 0.29) is 10.8 Å². The van der Waals surface area contributed by atoms with Crippen LogP contribution in [0.3, 0.4) is 0 Å². The quantitative estimate of drug-likeness (QED) is 0.800. The number of ether oxygens (including phenoxy) is 1. The van der Waals surface area contributed by atoms with Gasteiger partial charge >= 0.3 is 0 Å². The number of aromatic nitrogens is 1. The van der Waals surface area contributed by atoms with E-state index in [1.165, 1.54) is 24.4 Å². The van der Waals surface area contributed by atoms with Crippen LogP contribution in [0.2, 0.25) is 0 Å². The molecule has 0 spiro atoms. The van der Waals surface area contributed by atoms with Gasteiger partial charge in [0.2, 0.25) is 5.88 Å². The summed E-state index contributed by atoms with van der Waals surface area (Å²) in [6.45, 7) is 0. The molecule has 0 saturated heterocycles. The lowest BCUT2D eigenvalue weighted by molar-refractivity contribution is 0.112. The average Bonchev–Trinajstić information content (AvgIpc) is 2.39. The van der Waals surface area contributed by atoms with Crippen molar-refractivity contribution in [2.75, 3.05) is 6.26 Å². The van der Waals surface area contributed by atoms with E-state index < -0.39 is 9.84 Å². The van der Waals surface area contributed by atoms with Gasteiger partial charge in [0.1, 0.15) is 5.75 Å². The molecule has 0 unspecified atom stereocenters. The lowest BCUT2D eigenvalue weighted by Gasteiger charge is -2.06. The standard InChI is InChI=1S/C13H11NO4S/c1-19(16,17)12-4-2-3-11(7-12)18-13-6-5-10(9-15)8-14-13/h2-9H,1H3. The van der Waals surface area contributed by atoms with Crippen molar-refractivity contribution in [1.82, 2.24) is 4.98 Å². The summed E-state index contributed by atoms with van der Waals surface area (Å²) in [5.74, 6) is 0.658. The van der Waals surface area contributed by atoms with Gasteiger partial charge in [-0.2, -0.15) is 0 Å². The summed E-state index contributed by atoms with van der Waals surface area (Å²) in [6, 6.07) is 9.23. The molecule has 6 heteroatoms. The summed E-state index contributed by atoms with van der Waals surface area (Å²) >= 11 is 0. The van der Waals surface area contributed by atoms with Gasteiger partial charge in [-0.15, -0.1) is 0 Å². The van der Waals surface area contributed by atoms with Gasteiger partial charge in [0, 0.05) is 24.1 Å².